The maximum atomic E-state index is 14.6. The standard InChI is InChI=1S/C17H22FN3O2S2.C15H20FN3O2S.C3H6S/c1-12(24)19-10-14-11-21(17(22)23-14)13-3-4-16(15(18)9-13)20-5-7-25(2)8-6-20;1-22-6-4-18(5-7-22)14-3-2-11(8-13(14)16)19-10-12(9-17)21-15(19)20;1-3(2)4/h3-4,9,14H,2,5-8,10-11H2,1H3,(H,19,24);2-3,8,12H,1,4-7,9-10,17H2;1-2H3/t14-;12-;/m00./s1. The number of anilines is 4. The highest BCUT2D eigenvalue weighted by atomic mass is 32.2. The number of hydrogen-bond acceptors (Lipinski definition) is 9. The van der Waals surface area contributed by atoms with Gasteiger partial charge in [0.05, 0.1) is 47.4 Å². The normalized spacial score (nSPS) is 20.9. The number of thiocarbonyl (C=S) groups is 2. The van der Waals surface area contributed by atoms with Crippen LogP contribution in [0.15, 0.2) is 36.4 Å². The van der Waals surface area contributed by atoms with Crippen molar-refractivity contribution in [3.05, 3.63) is 48.0 Å². The number of ether oxygens (including phenoxy) is 2. The zero-order chi connectivity index (χ0) is 37.2. The average Bonchev–Trinajstić information content (AvgIpc) is 3.66. The first kappa shape index (κ1) is 40.6. The molecule has 4 aliphatic heterocycles. The molecule has 4 heterocycles. The van der Waals surface area contributed by atoms with Gasteiger partial charge in [0, 0.05) is 55.7 Å². The SMILES string of the molecule is C=S1CCN(c2ccc(N3C[C@H](CN)OC3=O)cc2F)CC1.C=S1CCN(c2ccc(N3C[C@H](CNC(C)=S)OC3=O)cc2F)CC1.CC(C)=S. The summed E-state index contributed by atoms with van der Waals surface area (Å²) in [6.45, 7) is 10.3. The molecule has 3 N–H and O–H groups in total. The number of nitrogens with two attached hydrogens (primary N) is 1. The van der Waals surface area contributed by atoms with Crippen LogP contribution in [-0.2, 0) is 9.47 Å². The van der Waals surface area contributed by atoms with E-state index in [2.05, 4.69) is 29.3 Å². The number of hydrogen-bond donors (Lipinski definition) is 2. The minimum Gasteiger partial charge on any atom is -0.443 e. The summed E-state index contributed by atoms with van der Waals surface area (Å²) in [5, 5.41) is 2.99. The first-order chi connectivity index (χ1) is 24.2. The number of carbonyl (C=O) groups is 2. The van der Waals surface area contributed by atoms with Crippen LogP contribution >= 0.6 is 45.4 Å². The first-order valence-corrected chi connectivity index (χ1v) is 20.9. The third-order valence-corrected chi connectivity index (χ3v) is 11.5. The van der Waals surface area contributed by atoms with Gasteiger partial charge in [-0.1, -0.05) is 36.2 Å². The topological polar surface area (TPSA) is 104 Å². The summed E-state index contributed by atoms with van der Waals surface area (Å²) in [5.41, 5.74) is 7.71. The molecule has 2 aromatic carbocycles. The van der Waals surface area contributed by atoms with Crippen LogP contribution in [0.5, 0.6) is 0 Å². The molecule has 10 nitrogen and oxygen atoms in total. The van der Waals surface area contributed by atoms with E-state index in [1.54, 1.807) is 31.2 Å². The summed E-state index contributed by atoms with van der Waals surface area (Å²) in [4.78, 5) is 32.5. The number of benzene rings is 2. The molecule has 2 amide bonds. The van der Waals surface area contributed by atoms with E-state index in [0.717, 1.165) is 54.1 Å². The summed E-state index contributed by atoms with van der Waals surface area (Å²) >= 11 is 9.50. The molecule has 0 aromatic heterocycles. The lowest BCUT2D eigenvalue weighted by molar-refractivity contribution is 0.142. The monoisotopic (exact) mass is 782 g/mol. The molecule has 4 saturated heterocycles. The van der Waals surface area contributed by atoms with E-state index < -0.39 is 12.2 Å². The average molecular weight is 783 g/mol. The Morgan fingerprint density at radius 1 is 0.804 bits per heavy atom. The van der Waals surface area contributed by atoms with Gasteiger partial charge in [-0.15, -0.1) is 0 Å². The number of amides is 2. The molecule has 280 valence electrons. The maximum Gasteiger partial charge on any atom is 0.414 e. The molecule has 0 unspecified atom stereocenters. The molecular formula is C35H48F2N6O4S4. The molecule has 2 atom stereocenters. The maximum absolute atomic E-state index is 14.6. The quantitative estimate of drug-likeness (QED) is 0.344. The second-order valence-corrected chi connectivity index (χ2v) is 18.1. The van der Waals surface area contributed by atoms with Gasteiger partial charge in [-0.3, -0.25) is 9.80 Å². The number of rotatable bonds is 7. The Balaban J connectivity index is 0.000000208. The van der Waals surface area contributed by atoms with E-state index in [0.29, 0.717) is 47.4 Å². The van der Waals surface area contributed by atoms with Crippen molar-refractivity contribution in [1.82, 2.24) is 5.32 Å². The number of cyclic esters (lactones) is 2. The minimum absolute atomic E-state index is 0.189. The lowest BCUT2D eigenvalue weighted by Crippen LogP contribution is -2.34. The second kappa shape index (κ2) is 19.1. The molecule has 0 aliphatic carbocycles. The Morgan fingerprint density at radius 2 is 1.20 bits per heavy atom. The number of nitrogens with one attached hydrogen (secondary N) is 1. The lowest BCUT2D eigenvalue weighted by atomic mass is 10.2. The highest BCUT2D eigenvalue weighted by molar-refractivity contribution is 8.14. The van der Waals surface area contributed by atoms with E-state index in [9.17, 15) is 18.4 Å². The van der Waals surface area contributed by atoms with Crippen LogP contribution in [-0.4, -0.2) is 121 Å². The Labute approximate surface area is 315 Å². The van der Waals surface area contributed by atoms with Crippen molar-refractivity contribution < 1.29 is 27.8 Å². The summed E-state index contributed by atoms with van der Waals surface area (Å²) in [5.74, 6) is 11.5. The molecule has 0 spiro atoms. The van der Waals surface area contributed by atoms with Gasteiger partial charge < -0.3 is 30.3 Å². The zero-order valence-corrected chi connectivity index (χ0v) is 32.7. The zero-order valence-electron chi connectivity index (χ0n) is 29.4. The van der Waals surface area contributed by atoms with E-state index in [1.807, 2.05) is 23.6 Å². The number of halogens is 2. The molecule has 51 heavy (non-hydrogen) atoms. The van der Waals surface area contributed by atoms with Crippen LogP contribution in [0.25, 0.3) is 0 Å². The predicted octanol–water partition coefficient (Wildman–Crippen LogP) is 5.64. The van der Waals surface area contributed by atoms with Crippen molar-refractivity contribution in [2.75, 3.05) is 95.0 Å². The summed E-state index contributed by atoms with van der Waals surface area (Å²) in [6, 6.07) is 9.83. The first-order valence-electron chi connectivity index (χ1n) is 16.7. The van der Waals surface area contributed by atoms with Gasteiger partial charge in [0.2, 0.25) is 0 Å². The molecule has 6 rings (SSSR count). The lowest BCUT2D eigenvalue weighted by Gasteiger charge is -2.31. The van der Waals surface area contributed by atoms with Crippen LogP contribution in [0.4, 0.5) is 41.1 Å². The Hall–Kier alpha value is -3.18. The van der Waals surface area contributed by atoms with Crippen molar-refractivity contribution in [3.63, 3.8) is 0 Å². The molecule has 0 radical (unpaired) electrons. The van der Waals surface area contributed by atoms with Crippen molar-refractivity contribution in [3.8, 4) is 0 Å². The fourth-order valence-electron chi connectivity index (χ4n) is 5.66. The van der Waals surface area contributed by atoms with Gasteiger partial charge in [-0.2, -0.15) is 21.0 Å². The Morgan fingerprint density at radius 3 is 1.55 bits per heavy atom. The van der Waals surface area contributed by atoms with Gasteiger partial charge in [0.15, 0.2) is 0 Å². The van der Waals surface area contributed by atoms with Crippen LogP contribution in [0.2, 0.25) is 0 Å². The molecule has 0 bridgehead atoms. The van der Waals surface area contributed by atoms with Crippen molar-refractivity contribution in [2.45, 2.75) is 33.0 Å². The fourth-order valence-corrected chi connectivity index (χ4v) is 8.06. The summed E-state index contributed by atoms with van der Waals surface area (Å²) < 4.78 is 39.4. The van der Waals surface area contributed by atoms with Gasteiger partial charge in [0.25, 0.3) is 0 Å². The highest BCUT2D eigenvalue weighted by Gasteiger charge is 2.33. The van der Waals surface area contributed by atoms with Gasteiger partial charge in [-0.05, 0) is 62.0 Å². The molecule has 4 fully saturated rings. The van der Waals surface area contributed by atoms with Crippen molar-refractivity contribution >= 4 is 102 Å². The van der Waals surface area contributed by atoms with Crippen molar-refractivity contribution in [1.29, 1.82) is 0 Å². The van der Waals surface area contributed by atoms with E-state index in [-0.39, 0.29) is 51.4 Å². The Bertz CT molecular complexity index is 1630. The number of nitrogens with zero attached hydrogens (tertiary/aromatic N) is 4. The fraction of sp³-hybridized carbons (Fsp3) is 0.486. The van der Waals surface area contributed by atoms with E-state index >= 15 is 0 Å². The van der Waals surface area contributed by atoms with Gasteiger partial charge >= 0.3 is 12.2 Å². The molecule has 4 aliphatic rings. The second-order valence-electron chi connectivity index (χ2n) is 12.6. The highest BCUT2D eigenvalue weighted by Crippen LogP contribution is 2.31. The third kappa shape index (κ3) is 11.7. The summed E-state index contributed by atoms with van der Waals surface area (Å²) in [7, 11) is 0.387. The molecule has 0 saturated carbocycles. The third-order valence-electron chi connectivity index (χ3n) is 8.36. The predicted molar refractivity (Wildman–Crippen MR) is 221 cm³/mol. The smallest absolute Gasteiger partial charge is 0.414 e. The van der Waals surface area contributed by atoms with Gasteiger partial charge in [-0.25, -0.2) is 18.4 Å². The summed E-state index contributed by atoms with van der Waals surface area (Å²) in [6.07, 6.45) is -1.56. The van der Waals surface area contributed by atoms with Crippen LogP contribution in [0, 0.1) is 11.6 Å². The minimum atomic E-state index is -0.471. The van der Waals surface area contributed by atoms with Crippen molar-refractivity contribution in [2.24, 2.45) is 5.73 Å². The molecule has 16 heteroatoms. The van der Waals surface area contributed by atoms with Gasteiger partial charge in [0.1, 0.15) is 23.8 Å². The van der Waals surface area contributed by atoms with E-state index in [4.69, 9.17) is 27.4 Å². The molecular weight excluding hydrogens is 735 g/mol. The molecule has 2 aromatic rings. The van der Waals surface area contributed by atoms with E-state index in [1.165, 1.54) is 21.9 Å². The largest absolute Gasteiger partial charge is 0.443 e. The van der Waals surface area contributed by atoms with Crippen LogP contribution in [0.1, 0.15) is 20.8 Å². The Kier molecular flexibility index (Phi) is 15.2. The van der Waals surface area contributed by atoms with Crippen LogP contribution < -0.4 is 30.7 Å². The number of carbonyl (C=O) groups excluding carboxylic acids is 2. The van der Waals surface area contributed by atoms with Crippen LogP contribution in [0.3, 0.4) is 0 Å².